The highest BCUT2D eigenvalue weighted by Crippen LogP contribution is 1.94. The highest BCUT2D eigenvalue weighted by Gasteiger charge is 1.84. The molecule has 0 spiro atoms. The quantitative estimate of drug-likeness (QED) is 0.469. The van der Waals surface area contributed by atoms with Crippen LogP contribution in [0.1, 0.15) is 0 Å². The summed E-state index contributed by atoms with van der Waals surface area (Å²) in [6.07, 6.45) is 5.89. The van der Waals surface area contributed by atoms with Crippen LogP contribution in [-0.2, 0) is 0 Å². The maximum Gasteiger partial charge on any atom is 0.0331 e. The first-order valence-electron chi connectivity index (χ1n) is 2.31. The number of dihydropyridines is 1. The Morgan fingerprint density at radius 2 is 2.57 bits per heavy atom. The molecule has 1 N–H and O–H groups in total. The third-order valence-electron chi connectivity index (χ3n) is 0.897. The molecule has 1 aliphatic rings. The van der Waals surface area contributed by atoms with E-state index in [0.717, 1.165) is 12.1 Å². The molecule has 1 heteroatoms. The zero-order valence-electron chi connectivity index (χ0n) is 4.15. The SMILES string of the molecule is [CH2]C1=CCNC=C1. The second-order valence-corrected chi connectivity index (χ2v) is 1.52. The summed E-state index contributed by atoms with van der Waals surface area (Å²) in [7, 11) is 0. The van der Waals surface area contributed by atoms with Crippen molar-refractivity contribution in [3.05, 3.63) is 30.8 Å². The van der Waals surface area contributed by atoms with Crippen molar-refractivity contribution in [1.82, 2.24) is 5.32 Å². The van der Waals surface area contributed by atoms with Crippen LogP contribution in [0.2, 0.25) is 0 Å². The van der Waals surface area contributed by atoms with E-state index in [-0.39, 0.29) is 0 Å². The minimum atomic E-state index is 0.926. The molecular weight excluding hydrogens is 86.1 g/mol. The van der Waals surface area contributed by atoms with Crippen LogP contribution in [0.15, 0.2) is 23.9 Å². The van der Waals surface area contributed by atoms with Crippen molar-refractivity contribution in [3.63, 3.8) is 0 Å². The van der Waals surface area contributed by atoms with E-state index < -0.39 is 0 Å². The molecule has 0 atom stereocenters. The molecule has 1 radical (unpaired) electrons. The Kier molecular flexibility index (Phi) is 1.16. The Labute approximate surface area is 43.7 Å². The van der Waals surface area contributed by atoms with Gasteiger partial charge in [-0.1, -0.05) is 6.08 Å². The Bertz CT molecular complexity index is 111. The van der Waals surface area contributed by atoms with Crippen molar-refractivity contribution < 1.29 is 0 Å². The van der Waals surface area contributed by atoms with Crippen LogP contribution < -0.4 is 5.32 Å². The average molecular weight is 94.1 g/mol. The lowest BCUT2D eigenvalue weighted by molar-refractivity contribution is 0.964. The van der Waals surface area contributed by atoms with Crippen LogP contribution in [0.3, 0.4) is 0 Å². The van der Waals surface area contributed by atoms with E-state index in [0.29, 0.717) is 0 Å². The molecule has 1 aliphatic heterocycles. The van der Waals surface area contributed by atoms with Gasteiger partial charge in [-0.05, 0) is 24.8 Å². The van der Waals surface area contributed by atoms with Gasteiger partial charge in [0, 0.05) is 6.54 Å². The summed E-state index contributed by atoms with van der Waals surface area (Å²) in [5, 5.41) is 3.02. The fourth-order valence-electron chi connectivity index (χ4n) is 0.492. The van der Waals surface area contributed by atoms with E-state index in [1.807, 2.05) is 18.4 Å². The van der Waals surface area contributed by atoms with Gasteiger partial charge in [0.25, 0.3) is 0 Å². The number of hydrogen-bond donors (Lipinski definition) is 1. The molecule has 0 aromatic carbocycles. The van der Waals surface area contributed by atoms with Crippen LogP contribution in [0.25, 0.3) is 0 Å². The Balaban J connectivity index is 2.58. The predicted octanol–water partition coefficient (Wildman–Crippen LogP) is 0.864. The lowest BCUT2D eigenvalue weighted by Crippen LogP contribution is -2.07. The highest BCUT2D eigenvalue weighted by atomic mass is 14.8. The standard InChI is InChI=1S/C6H8N/c1-6-2-4-7-5-3-6/h2-4,7H,1,5H2. The number of nitrogens with one attached hydrogen (secondary N) is 1. The molecule has 0 aromatic heterocycles. The number of allylic oxidation sites excluding steroid dienone is 2. The smallest absolute Gasteiger partial charge is 0.0331 e. The second-order valence-electron chi connectivity index (χ2n) is 1.52. The van der Waals surface area contributed by atoms with Crippen LogP contribution in [0.5, 0.6) is 0 Å². The monoisotopic (exact) mass is 94.1 g/mol. The molecule has 0 unspecified atom stereocenters. The van der Waals surface area contributed by atoms with E-state index in [4.69, 9.17) is 0 Å². The van der Waals surface area contributed by atoms with E-state index in [2.05, 4.69) is 12.2 Å². The predicted molar refractivity (Wildman–Crippen MR) is 30.6 cm³/mol. The van der Waals surface area contributed by atoms with Crippen molar-refractivity contribution in [2.45, 2.75) is 0 Å². The zero-order valence-corrected chi connectivity index (χ0v) is 4.15. The molecular formula is C6H8N. The van der Waals surface area contributed by atoms with Crippen molar-refractivity contribution in [1.29, 1.82) is 0 Å². The average Bonchev–Trinajstić information content (AvgIpc) is 1.69. The molecule has 0 saturated heterocycles. The van der Waals surface area contributed by atoms with Gasteiger partial charge in [-0.25, -0.2) is 0 Å². The topological polar surface area (TPSA) is 12.0 Å². The van der Waals surface area contributed by atoms with Crippen molar-refractivity contribution >= 4 is 0 Å². The molecule has 0 aromatic rings. The molecule has 0 bridgehead atoms. The van der Waals surface area contributed by atoms with E-state index in [1.54, 1.807) is 0 Å². The van der Waals surface area contributed by atoms with Crippen molar-refractivity contribution in [2.75, 3.05) is 6.54 Å². The van der Waals surface area contributed by atoms with Crippen LogP contribution in [0, 0.1) is 6.92 Å². The molecule has 0 aliphatic carbocycles. The summed E-state index contributed by atoms with van der Waals surface area (Å²) in [5.41, 5.74) is 1.10. The molecule has 1 nitrogen and oxygen atoms in total. The lowest BCUT2D eigenvalue weighted by atomic mass is 10.2. The summed E-state index contributed by atoms with van der Waals surface area (Å²) < 4.78 is 0. The summed E-state index contributed by atoms with van der Waals surface area (Å²) in [4.78, 5) is 0. The summed E-state index contributed by atoms with van der Waals surface area (Å²) in [6.45, 7) is 4.66. The third-order valence-corrected chi connectivity index (χ3v) is 0.897. The first-order valence-corrected chi connectivity index (χ1v) is 2.31. The molecule has 1 rings (SSSR count). The molecule has 0 saturated carbocycles. The Hall–Kier alpha value is -0.720. The largest absolute Gasteiger partial charge is 0.387 e. The third kappa shape index (κ3) is 1.07. The molecule has 1 heterocycles. The lowest BCUT2D eigenvalue weighted by Gasteiger charge is -2.00. The zero-order chi connectivity index (χ0) is 5.11. The first-order chi connectivity index (χ1) is 3.39. The van der Waals surface area contributed by atoms with Gasteiger partial charge in [0.1, 0.15) is 0 Å². The van der Waals surface area contributed by atoms with E-state index in [1.165, 1.54) is 0 Å². The Morgan fingerprint density at radius 1 is 1.71 bits per heavy atom. The second kappa shape index (κ2) is 1.82. The van der Waals surface area contributed by atoms with Crippen LogP contribution in [0.4, 0.5) is 0 Å². The maximum absolute atomic E-state index is 3.73. The molecule has 7 heavy (non-hydrogen) atoms. The van der Waals surface area contributed by atoms with Crippen molar-refractivity contribution in [3.8, 4) is 0 Å². The van der Waals surface area contributed by atoms with E-state index >= 15 is 0 Å². The minimum Gasteiger partial charge on any atom is -0.387 e. The van der Waals surface area contributed by atoms with Gasteiger partial charge in [-0.3, -0.25) is 0 Å². The van der Waals surface area contributed by atoms with Crippen LogP contribution >= 0.6 is 0 Å². The fourth-order valence-corrected chi connectivity index (χ4v) is 0.492. The van der Waals surface area contributed by atoms with Gasteiger partial charge in [0.05, 0.1) is 0 Å². The minimum absolute atomic E-state index is 0.926. The van der Waals surface area contributed by atoms with Gasteiger partial charge in [0.2, 0.25) is 0 Å². The number of rotatable bonds is 0. The summed E-state index contributed by atoms with van der Waals surface area (Å²) in [5.74, 6) is 0. The summed E-state index contributed by atoms with van der Waals surface area (Å²) >= 11 is 0. The van der Waals surface area contributed by atoms with Gasteiger partial charge >= 0.3 is 0 Å². The molecule has 0 amide bonds. The van der Waals surface area contributed by atoms with E-state index in [9.17, 15) is 0 Å². The van der Waals surface area contributed by atoms with Gasteiger partial charge in [-0.2, -0.15) is 0 Å². The fraction of sp³-hybridized carbons (Fsp3) is 0.167. The molecule has 0 fully saturated rings. The Morgan fingerprint density at radius 3 is 2.86 bits per heavy atom. The van der Waals surface area contributed by atoms with Gasteiger partial charge in [0.15, 0.2) is 0 Å². The highest BCUT2D eigenvalue weighted by molar-refractivity contribution is 5.24. The first kappa shape index (κ1) is 4.44. The van der Waals surface area contributed by atoms with Gasteiger partial charge < -0.3 is 5.32 Å². The van der Waals surface area contributed by atoms with Gasteiger partial charge in [-0.15, -0.1) is 0 Å². The van der Waals surface area contributed by atoms with Crippen molar-refractivity contribution in [2.24, 2.45) is 0 Å². The number of hydrogen-bond acceptors (Lipinski definition) is 1. The molecule has 37 valence electrons. The maximum atomic E-state index is 3.73. The van der Waals surface area contributed by atoms with Crippen LogP contribution in [-0.4, -0.2) is 6.54 Å². The summed E-state index contributed by atoms with van der Waals surface area (Å²) in [6, 6.07) is 0. The normalized spacial score (nSPS) is 18.1.